The summed E-state index contributed by atoms with van der Waals surface area (Å²) in [6.07, 6.45) is 3.35. The normalized spacial score (nSPS) is 32.6. The number of imide groups is 1. The van der Waals surface area contributed by atoms with Crippen LogP contribution in [-0.2, 0) is 9.59 Å². The Morgan fingerprint density at radius 2 is 2.00 bits per heavy atom. The second-order valence-electron chi connectivity index (χ2n) is 5.93. The van der Waals surface area contributed by atoms with Crippen LogP contribution >= 0.6 is 34.8 Å². The van der Waals surface area contributed by atoms with Crippen LogP contribution in [0.3, 0.4) is 0 Å². The van der Waals surface area contributed by atoms with Crippen LogP contribution in [0.5, 0.6) is 5.75 Å². The number of rotatable bonds is 2. The summed E-state index contributed by atoms with van der Waals surface area (Å²) in [5, 5.41) is 10.7. The Labute approximate surface area is 154 Å². The predicted octanol–water partition coefficient (Wildman–Crippen LogP) is 3.60. The zero-order valence-electron chi connectivity index (χ0n) is 12.7. The van der Waals surface area contributed by atoms with E-state index in [-0.39, 0.29) is 12.2 Å². The number of carbonyl (C=O) groups excluding carboxylic acids is 2. The lowest BCUT2D eigenvalue weighted by molar-refractivity contribution is -0.137. The Balaban J connectivity index is 2.33. The van der Waals surface area contributed by atoms with Crippen LogP contribution in [0.15, 0.2) is 42.5 Å². The van der Waals surface area contributed by atoms with Crippen molar-refractivity contribution in [3.05, 3.63) is 53.1 Å². The van der Waals surface area contributed by atoms with Crippen LogP contribution in [-0.4, -0.2) is 38.6 Å². The molecular weight excluding hydrogens is 373 g/mol. The lowest BCUT2D eigenvalue weighted by Crippen LogP contribution is -2.54. The first kappa shape index (κ1) is 17.3. The van der Waals surface area contributed by atoms with E-state index in [4.69, 9.17) is 34.8 Å². The number of carbonyl (C=O) groups is 2. The summed E-state index contributed by atoms with van der Waals surface area (Å²) in [5.74, 6) is -2.12. The Kier molecular flexibility index (Phi) is 3.98. The van der Waals surface area contributed by atoms with Crippen LogP contribution in [0.2, 0.25) is 5.02 Å². The average Bonchev–Trinajstić information content (AvgIpc) is 2.69. The highest BCUT2D eigenvalue weighted by atomic mass is 35.5. The number of aromatic hydroxyl groups is 1. The minimum Gasteiger partial charge on any atom is -0.508 e. The van der Waals surface area contributed by atoms with Crippen molar-refractivity contribution in [2.24, 2.45) is 0 Å². The maximum Gasteiger partial charge on any atom is 0.253 e. The molecule has 2 aliphatic rings. The molecule has 0 radical (unpaired) electrons. The molecule has 1 saturated heterocycles. The lowest BCUT2D eigenvalue weighted by atomic mass is 9.68. The Morgan fingerprint density at radius 1 is 1.33 bits per heavy atom. The third-order valence-electron chi connectivity index (χ3n) is 4.72. The number of phenols is 1. The minimum atomic E-state index is -1.78. The number of amides is 2. The van der Waals surface area contributed by atoms with Crippen molar-refractivity contribution in [2.45, 2.75) is 22.1 Å². The molecular formula is C17H14Cl3NO3. The second-order valence-corrected chi connectivity index (χ2v) is 7.61. The number of benzene rings is 1. The molecule has 0 unspecified atom stereocenters. The highest BCUT2D eigenvalue weighted by Crippen LogP contribution is 2.59. The number of phenolic OH excluding ortho intramolecular Hbond substituents is 1. The fourth-order valence-corrected chi connectivity index (χ4v) is 4.58. The van der Waals surface area contributed by atoms with Crippen molar-refractivity contribution in [1.29, 1.82) is 0 Å². The molecule has 1 aromatic carbocycles. The van der Waals surface area contributed by atoms with Crippen molar-refractivity contribution in [2.75, 3.05) is 7.05 Å². The molecule has 1 heterocycles. The van der Waals surface area contributed by atoms with Crippen LogP contribution in [0.4, 0.5) is 0 Å². The van der Waals surface area contributed by atoms with Gasteiger partial charge in [-0.25, -0.2) is 0 Å². The number of allylic oxidation sites excluding steroid dienone is 3. The van der Waals surface area contributed by atoms with Gasteiger partial charge in [-0.05, 0) is 30.2 Å². The highest BCUT2D eigenvalue weighted by Gasteiger charge is 2.72. The Hall–Kier alpha value is -1.49. The van der Waals surface area contributed by atoms with Crippen molar-refractivity contribution in [3.8, 4) is 5.75 Å². The van der Waals surface area contributed by atoms with Crippen molar-refractivity contribution in [3.63, 3.8) is 0 Å². The number of likely N-dealkylation sites (tertiary alicyclic amines) is 1. The van der Waals surface area contributed by atoms with Gasteiger partial charge in [-0.2, -0.15) is 0 Å². The number of alkyl halides is 2. The first-order chi connectivity index (χ1) is 11.2. The van der Waals surface area contributed by atoms with E-state index in [0.717, 1.165) is 4.90 Å². The molecule has 7 heteroatoms. The number of halogens is 3. The van der Waals surface area contributed by atoms with Gasteiger partial charge in [0, 0.05) is 23.6 Å². The van der Waals surface area contributed by atoms with Gasteiger partial charge in [0.05, 0.1) is 0 Å². The van der Waals surface area contributed by atoms with Gasteiger partial charge in [0.2, 0.25) is 0 Å². The Morgan fingerprint density at radius 3 is 2.62 bits per heavy atom. The summed E-state index contributed by atoms with van der Waals surface area (Å²) in [6.45, 7) is 3.75. The van der Waals surface area contributed by atoms with Gasteiger partial charge < -0.3 is 5.11 Å². The van der Waals surface area contributed by atoms with E-state index in [1.54, 1.807) is 12.2 Å². The molecule has 4 nitrogen and oxygen atoms in total. The molecule has 3 atom stereocenters. The van der Waals surface area contributed by atoms with Crippen molar-refractivity contribution in [1.82, 2.24) is 4.90 Å². The molecule has 24 heavy (non-hydrogen) atoms. The summed E-state index contributed by atoms with van der Waals surface area (Å²) >= 11 is 19.4. The van der Waals surface area contributed by atoms with Crippen molar-refractivity contribution < 1.29 is 14.7 Å². The lowest BCUT2D eigenvalue weighted by Gasteiger charge is -2.42. The molecule has 1 aromatic rings. The quantitative estimate of drug-likeness (QED) is 0.624. The third-order valence-corrected chi connectivity index (χ3v) is 6.37. The van der Waals surface area contributed by atoms with Gasteiger partial charge in [0.1, 0.15) is 5.75 Å². The first-order valence-corrected chi connectivity index (χ1v) is 8.33. The van der Waals surface area contributed by atoms with Gasteiger partial charge in [-0.15, -0.1) is 23.2 Å². The number of hydrogen-bond donors (Lipinski definition) is 1. The van der Waals surface area contributed by atoms with Crippen LogP contribution < -0.4 is 0 Å². The average molecular weight is 387 g/mol. The second kappa shape index (κ2) is 5.51. The third kappa shape index (κ3) is 2.00. The summed E-state index contributed by atoms with van der Waals surface area (Å²) in [6, 6.07) is 4.44. The van der Waals surface area contributed by atoms with E-state index in [2.05, 4.69) is 6.58 Å². The fourth-order valence-electron chi connectivity index (χ4n) is 3.47. The molecule has 3 rings (SSSR count). The summed E-state index contributed by atoms with van der Waals surface area (Å²) in [5.41, 5.74) is 0.931. The number of hydrogen-bond acceptors (Lipinski definition) is 3. The van der Waals surface area contributed by atoms with Crippen LogP contribution in [0.1, 0.15) is 17.9 Å². The largest absolute Gasteiger partial charge is 0.508 e. The van der Waals surface area contributed by atoms with Gasteiger partial charge in [-0.1, -0.05) is 30.3 Å². The SMILES string of the molecule is C=CC1=CC[C@@]2(Cl)C(=O)N(C)C(=O)[C@@]2(Cl)[C@H]1c1cc(Cl)ccc1O. The zero-order chi connectivity index (χ0) is 17.9. The number of nitrogens with zero attached hydrogens (tertiary/aromatic N) is 1. The van der Waals surface area contributed by atoms with Gasteiger partial charge in [-0.3, -0.25) is 14.5 Å². The van der Waals surface area contributed by atoms with Crippen LogP contribution in [0.25, 0.3) is 0 Å². The van der Waals surface area contributed by atoms with E-state index in [9.17, 15) is 14.7 Å². The maximum atomic E-state index is 12.8. The molecule has 126 valence electrons. The molecule has 1 aliphatic carbocycles. The molecule has 0 bridgehead atoms. The predicted molar refractivity (Wildman–Crippen MR) is 93.7 cm³/mol. The monoisotopic (exact) mass is 385 g/mol. The molecule has 0 spiro atoms. The van der Waals surface area contributed by atoms with E-state index in [0.29, 0.717) is 16.2 Å². The molecule has 1 fully saturated rings. The summed E-state index contributed by atoms with van der Waals surface area (Å²) < 4.78 is 0. The van der Waals surface area contributed by atoms with Gasteiger partial charge in [0.15, 0.2) is 9.75 Å². The Bertz CT molecular complexity index is 806. The molecule has 1 aliphatic heterocycles. The van der Waals surface area contributed by atoms with E-state index < -0.39 is 27.5 Å². The van der Waals surface area contributed by atoms with Crippen molar-refractivity contribution >= 4 is 46.6 Å². The summed E-state index contributed by atoms with van der Waals surface area (Å²) in [4.78, 5) is 22.9. The first-order valence-electron chi connectivity index (χ1n) is 7.19. The van der Waals surface area contributed by atoms with E-state index in [1.807, 2.05) is 0 Å². The summed E-state index contributed by atoms with van der Waals surface area (Å²) in [7, 11) is 1.35. The van der Waals surface area contributed by atoms with E-state index >= 15 is 0 Å². The topological polar surface area (TPSA) is 57.6 Å². The zero-order valence-corrected chi connectivity index (χ0v) is 15.0. The van der Waals surface area contributed by atoms with E-state index in [1.165, 1.54) is 25.2 Å². The fraction of sp³-hybridized carbons (Fsp3) is 0.294. The van der Waals surface area contributed by atoms with Crippen LogP contribution in [0, 0.1) is 0 Å². The molecule has 2 amide bonds. The van der Waals surface area contributed by atoms with Gasteiger partial charge >= 0.3 is 0 Å². The molecule has 0 saturated carbocycles. The van der Waals surface area contributed by atoms with Gasteiger partial charge in [0.25, 0.3) is 11.8 Å². The molecule has 1 N–H and O–H groups in total. The number of fused-ring (bicyclic) bond motifs is 1. The maximum absolute atomic E-state index is 12.8. The standard InChI is InChI=1S/C17H14Cl3NO3/c1-3-9-6-7-16(19)14(23)21(2)15(24)17(16,20)13(9)11-8-10(18)4-5-12(11)22/h3-6,8,13,22H,1,7H2,2H3/t13-,16-,17+/m1/s1. The molecule has 0 aromatic heterocycles. The smallest absolute Gasteiger partial charge is 0.253 e. The minimum absolute atomic E-state index is 0.0894. The highest BCUT2D eigenvalue weighted by molar-refractivity contribution is 6.53.